The molecule has 0 unspecified atom stereocenters. The highest BCUT2D eigenvalue weighted by Crippen LogP contribution is 2.18. The monoisotopic (exact) mass is 273 g/mol. The van der Waals surface area contributed by atoms with E-state index in [-0.39, 0.29) is 6.09 Å². The highest BCUT2D eigenvalue weighted by Gasteiger charge is 2.21. The number of fused-ring (bicyclic) bond motifs is 1. The Morgan fingerprint density at radius 2 is 2.30 bits per heavy atom. The van der Waals surface area contributed by atoms with E-state index >= 15 is 0 Å². The summed E-state index contributed by atoms with van der Waals surface area (Å²) in [6.45, 7) is 3.66. The van der Waals surface area contributed by atoms with Gasteiger partial charge in [-0.15, -0.1) is 0 Å². The van der Waals surface area contributed by atoms with Crippen molar-refractivity contribution in [1.82, 2.24) is 14.8 Å². The van der Waals surface area contributed by atoms with E-state index in [1.54, 1.807) is 4.90 Å². The lowest BCUT2D eigenvalue weighted by Gasteiger charge is -2.20. The van der Waals surface area contributed by atoms with Crippen LogP contribution >= 0.6 is 0 Å². The zero-order valence-corrected chi connectivity index (χ0v) is 11.6. The third-order valence-electron chi connectivity index (χ3n) is 3.72. The van der Waals surface area contributed by atoms with Crippen molar-refractivity contribution in [2.24, 2.45) is 0 Å². The van der Waals surface area contributed by atoms with Crippen molar-refractivity contribution in [3.8, 4) is 0 Å². The van der Waals surface area contributed by atoms with Gasteiger partial charge >= 0.3 is 6.09 Å². The van der Waals surface area contributed by atoms with Crippen molar-refractivity contribution >= 4 is 17.0 Å². The number of carbonyl (C=O) groups excluding carboxylic acids is 1. The molecule has 106 valence electrons. The van der Waals surface area contributed by atoms with Crippen molar-refractivity contribution in [3.05, 3.63) is 36.0 Å². The molecule has 3 rings (SSSR count). The minimum Gasteiger partial charge on any atom is -0.448 e. The van der Waals surface area contributed by atoms with Crippen LogP contribution in [-0.2, 0) is 11.3 Å². The van der Waals surface area contributed by atoms with E-state index < -0.39 is 0 Å². The molecule has 1 aromatic carbocycles. The van der Waals surface area contributed by atoms with Crippen molar-refractivity contribution in [2.45, 2.75) is 6.54 Å². The van der Waals surface area contributed by atoms with Crippen LogP contribution in [0.2, 0.25) is 0 Å². The Bertz CT molecular complexity index is 608. The van der Waals surface area contributed by atoms with Gasteiger partial charge in [0.15, 0.2) is 0 Å². The van der Waals surface area contributed by atoms with Crippen molar-refractivity contribution in [2.75, 3.05) is 33.3 Å². The number of benzene rings is 1. The molecule has 1 saturated heterocycles. The first-order chi connectivity index (χ1) is 9.74. The van der Waals surface area contributed by atoms with Gasteiger partial charge in [0.05, 0.1) is 6.54 Å². The maximum atomic E-state index is 11.4. The number of rotatable bonds is 5. The first-order valence-electron chi connectivity index (χ1n) is 6.89. The Hall–Kier alpha value is -2.01. The molecule has 0 atom stereocenters. The first-order valence-corrected chi connectivity index (χ1v) is 6.89. The molecule has 1 N–H and O–H groups in total. The van der Waals surface area contributed by atoms with Gasteiger partial charge < -0.3 is 19.5 Å². The van der Waals surface area contributed by atoms with E-state index in [4.69, 9.17) is 4.74 Å². The second-order valence-electron chi connectivity index (χ2n) is 5.20. The summed E-state index contributed by atoms with van der Waals surface area (Å²) in [6, 6.07) is 8.41. The van der Waals surface area contributed by atoms with Crippen LogP contribution in [0.3, 0.4) is 0 Å². The van der Waals surface area contributed by atoms with Crippen molar-refractivity contribution in [3.63, 3.8) is 0 Å². The fraction of sp³-hybridized carbons (Fsp3) is 0.400. The number of ether oxygens (including phenoxy) is 1. The van der Waals surface area contributed by atoms with Crippen LogP contribution in [0.15, 0.2) is 30.5 Å². The normalized spacial score (nSPS) is 15.3. The van der Waals surface area contributed by atoms with E-state index in [0.29, 0.717) is 13.2 Å². The molecule has 2 aromatic rings. The van der Waals surface area contributed by atoms with Crippen molar-refractivity contribution in [1.29, 1.82) is 0 Å². The summed E-state index contributed by atoms with van der Waals surface area (Å²) in [5.74, 6) is 0. The number of H-pyrrole nitrogens is 1. The lowest BCUT2D eigenvalue weighted by Crippen LogP contribution is -2.33. The van der Waals surface area contributed by atoms with E-state index in [2.05, 4.69) is 41.2 Å². The quantitative estimate of drug-likeness (QED) is 0.907. The smallest absolute Gasteiger partial charge is 0.409 e. The summed E-state index contributed by atoms with van der Waals surface area (Å²) < 4.78 is 4.93. The van der Waals surface area contributed by atoms with Gasteiger partial charge in [-0.25, -0.2) is 4.79 Å². The molecule has 1 aliphatic heterocycles. The fourth-order valence-electron chi connectivity index (χ4n) is 2.58. The highest BCUT2D eigenvalue weighted by molar-refractivity contribution is 5.82. The number of hydrogen-bond acceptors (Lipinski definition) is 3. The molecule has 2 heterocycles. The number of aromatic amines is 1. The Kier molecular flexibility index (Phi) is 3.60. The van der Waals surface area contributed by atoms with Gasteiger partial charge in [-0.3, -0.25) is 0 Å². The molecule has 0 spiro atoms. The van der Waals surface area contributed by atoms with Gasteiger partial charge in [0.2, 0.25) is 0 Å². The maximum absolute atomic E-state index is 11.4. The Morgan fingerprint density at radius 3 is 3.10 bits per heavy atom. The summed E-state index contributed by atoms with van der Waals surface area (Å²) in [7, 11) is 2.08. The molecule has 1 aromatic heterocycles. The summed E-state index contributed by atoms with van der Waals surface area (Å²) in [4.78, 5) is 18.6. The van der Waals surface area contributed by atoms with E-state index in [0.717, 1.165) is 19.6 Å². The molecule has 20 heavy (non-hydrogen) atoms. The van der Waals surface area contributed by atoms with Gasteiger partial charge in [0, 0.05) is 36.7 Å². The topological polar surface area (TPSA) is 48.6 Å². The second-order valence-corrected chi connectivity index (χ2v) is 5.20. The number of hydrogen-bond donors (Lipinski definition) is 1. The average molecular weight is 273 g/mol. The zero-order chi connectivity index (χ0) is 13.9. The standard InChI is InChI=1S/C15H19N3O2/c1-17(7-8-18-9-10-20-15(18)19)11-12-3-2-4-14-13(12)5-6-16-14/h2-6,16H,7-11H2,1H3. The summed E-state index contributed by atoms with van der Waals surface area (Å²) in [6.07, 6.45) is 1.78. The Labute approximate surface area is 118 Å². The van der Waals surface area contributed by atoms with Crippen LogP contribution in [0.5, 0.6) is 0 Å². The number of amides is 1. The molecule has 0 radical (unpaired) electrons. The predicted octanol–water partition coefficient (Wildman–Crippen LogP) is 2.05. The van der Waals surface area contributed by atoms with E-state index in [1.807, 2.05) is 6.20 Å². The third kappa shape index (κ3) is 2.63. The summed E-state index contributed by atoms with van der Waals surface area (Å²) in [5.41, 5.74) is 2.47. The van der Waals surface area contributed by atoms with Gasteiger partial charge in [-0.2, -0.15) is 0 Å². The lowest BCUT2D eigenvalue weighted by atomic mass is 10.1. The lowest BCUT2D eigenvalue weighted by molar-refractivity contribution is 0.155. The molecule has 1 amide bonds. The fourth-order valence-corrected chi connectivity index (χ4v) is 2.58. The number of cyclic esters (lactones) is 1. The Balaban J connectivity index is 1.59. The predicted molar refractivity (Wildman–Crippen MR) is 77.6 cm³/mol. The maximum Gasteiger partial charge on any atom is 0.409 e. The van der Waals surface area contributed by atoms with Gasteiger partial charge in [-0.1, -0.05) is 12.1 Å². The summed E-state index contributed by atoms with van der Waals surface area (Å²) in [5, 5.41) is 1.26. The molecular weight excluding hydrogens is 254 g/mol. The number of nitrogens with one attached hydrogen (secondary N) is 1. The van der Waals surface area contributed by atoms with E-state index in [1.165, 1.54) is 16.5 Å². The number of likely N-dealkylation sites (N-methyl/N-ethyl adjacent to an activating group) is 1. The minimum absolute atomic E-state index is 0.189. The molecule has 0 aliphatic carbocycles. The van der Waals surface area contributed by atoms with Gasteiger partial charge in [-0.05, 0) is 24.7 Å². The summed E-state index contributed by atoms with van der Waals surface area (Å²) >= 11 is 0. The number of carbonyl (C=O) groups is 1. The largest absolute Gasteiger partial charge is 0.448 e. The molecule has 5 heteroatoms. The van der Waals surface area contributed by atoms with Crippen LogP contribution in [0, 0.1) is 0 Å². The van der Waals surface area contributed by atoms with Crippen LogP contribution < -0.4 is 0 Å². The molecular formula is C15H19N3O2. The third-order valence-corrected chi connectivity index (χ3v) is 3.72. The molecule has 1 fully saturated rings. The average Bonchev–Trinajstić information content (AvgIpc) is 3.06. The van der Waals surface area contributed by atoms with Crippen molar-refractivity contribution < 1.29 is 9.53 Å². The van der Waals surface area contributed by atoms with Crippen LogP contribution in [0.1, 0.15) is 5.56 Å². The van der Waals surface area contributed by atoms with Crippen LogP contribution in [-0.4, -0.2) is 54.2 Å². The zero-order valence-electron chi connectivity index (χ0n) is 11.6. The minimum atomic E-state index is -0.189. The molecule has 0 bridgehead atoms. The van der Waals surface area contributed by atoms with Gasteiger partial charge in [0.1, 0.15) is 6.61 Å². The number of aromatic nitrogens is 1. The first kappa shape index (κ1) is 13.0. The second kappa shape index (κ2) is 5.54. The molecule has 5 nitrogen and oxygen atoms in total. The SMILES string of the molecule is CN(CCN1CCOC1=O)Cc1cccc2[nH]ccc12. The molecule has 0 saturated carbocycles. The van der Waals surface area contributed by atoms with Crippen LogP contribution in [0.4, 0.5) is 4.79 Å². The number of nitrogens with zero attached hydrogens (tertiary/aromatic N) is 2. The van der Waals surface area contributed by atoms with E-state index in [9.17, 15) is 4.79 Å². The Morgan fingerprint density at radius 1 is 1.40 bits per heavy atom. The highest BCUT2D eigenvalue weighted by atomic mass is 16.6. The van der Waals surface area contributed by atoms with Crippen LogP contribution in [0.25, 0.3) is 10.9 Å². The molecule has 1 aliphatic rings. The van der Waals surface area contributed by atoms with Gasteiger partial charge in [0.25, 0.3) is 0 Å².